The maximum Gasteiger partial charge on any atom is 0.153 e. The smallest absolute Gasteiger partial charge is 0.153 e. The van der Waals surface area contributed by atoms with E-state index in [2.05, 4.69) is 58.3 Å². The molecule has 0 atom stereocenters. The van der Waals surface area contributed by atoms with Crippen molar-refractivity contribution in [2.24, 2.45) is 5.92 Å². The number of aromatic nitrogens is 5. The van der Waals surface area contributed by atoms with E-state index in [-0.39, 0.29) is 0 Å². The Morgan fingerprint density at radius 3 is 2.56 bits per heavy atom. The first-order valence-electron chi connectivity index (χ1n) is 12.8. The van der Waals surface area contributed by atoms with Gasteiger partial charge in [0.1, 0.15) is 23.4 Å². The summed E-state index contributed by atoms with van der Waals surface area (Å²) in [6.45, 7) is 5.84. The van der Waals surface area contributed by atoms with Gasteiger partial charge in [0.15, 0.2) is 5.82 Å². The van der Waals surface area contributed by atoms with Gasteiger partial charge in [-0.2, -0.15) is 5.10 Å². The molecule has 0 spiro atoms. The van der Waals surface area contributed by atoms with Gasteiger partial charge in [0.05, 0.1) is 11.2 Å². The number of hydrogen-bond acceptors (Lipinski definition) is 6. The quantitative estimate of drug-likeness (QED) is 0.381. The monoisotopic (exact) mass is 475 g/mol. The van der Waals surface area contributed by atoms with Crippen molar-refractivity contribution in [1.29, 1.82) is 0 Å². The van der Waals surface area contributed by atoms with E-state index in [0.29, 0.717) is 11.7 Å². The number of imidazole rings is 1. The summed E-state index contributed by atoms with van der Waals surface area (Å²) in [5.41, 5.74) is 13.2. The third-order valence-electron chi connectivity index (χ3n) is 7.99. The van der Waals surface area contributed by atoms with Crippen molar-refractivity contribution in [3.05, 3.63) is 72.3 Å². The minimum Gasteiger partial charge on any atom is -0.382 e. The van der Waals surface area contributed by atoms with Crippen LogP contribution in [-0.2, 0) is 0 Å². The van der Waals surface area contributed by atoms with E-state index < -0.39 is 0 Å². The van der Waals surface area contributed by atoms with Crippen LogP contribution >= 0.6 is 0 Å². The first kappa shape index (κ1) is 21.4. The number of pyridine rings is 1. The maximum atomic E-state index is 6.41. The third kappa shape index (κ3) is 3.45. The molecule has 36 heavy (non-hydrogen) atoms. The summed E-state index contributed by atoms with van der Waals surface area (Å²) in [5, 5.41) is 5.70. The molecule has 2 aromatic carbocycles. The zero-order chi connectivity index (χ0) is 24.2. The highest BCUT2D eigenvalue weighted by molar-refractivity contribution is 5.94. The van der Waals surface area contributed by atoms with Gasteiger partial charge >= 0.3 is 0 Å². The summed E-state index contributed by atoms with van der Waals surface area (Å²) in [6, 6.07) is 18.8. The highest BCUT2D eigenvalue weighted by Crippen LogP contribution is 2.44. The van der Waals surface area contributed by atoms with Crippen LogP contribution in [0, 0.1) is 12.8 Å². The van der Waals surface area contributed by atoms with Gasteiger partial charge in [-0.15, -0.1) is 0 Å². The minimum atomic E-state index is 0.399. The van der Waals surface area contributed by atoms with Gasteiger partial charge in [-0.3, -0.25) is 0 Å². The molecular weight excluding hydrogens is 446 g/mol. The van der Waals surface area contributed by atoms with Crippen LogP contribution in [0.15, 0.2) is 60.9 Å². The number of rotatable bonds is 5. The van der Waals surface area contributed by atoms with Crippen molar-refractivity contribution in [3.8, 4) is 22.5 Å². The molecule has 2 aliphatic rings. The molecule has 7 nitrogen and oxygen atoms in total. The van der Waals surface area contributed by atoms with Crippen LogP contribution in [-0.4, -0.2) is 49.1 Å². The summed E-state index contributed by atoms with van der Waals surface area (Å²) in [5.74, 6) is 2.60. The molecule has 4 heterocycles. The molecule has 1 saturated carbocycles. The average molecular weight is 476 g/mol. The topological polar surface area (TPSA) is 85.2 Å². The zero-order valence-electron chi connectivity index (χ0n) is 20.4. The number of nitrogens with zero attached hydrogens (tertiary/aromatic N) is 6. The number of nitrogen functional groups attached to an aromatic ring is 1. The number of anilines is 1. The van der Waals surface area contributed by atoms with Crippen LogP contribution in [0.2, 0.25) is 0 Å². The summed E-state index contributed by atoms with van der Waals surface area (Å²) in [6.07, 6.45) is 5.18. The van der Waals surface area contributed by atoms with Crippen molar-refractivity contribution < 1.29 is 0 Å². The number of nitrogens with two attached hydrogens (primary N) is 1. The largest absolute Gasteiger partial charge is 0.382 e. The van der Waals surface area contributed by atoms with E-state index in [1.165, 1.54) is 32.4 Å². The van der Waals surface area contributed by atoms with Gasteiger partial charge in [0.2, 0.25) is 0 Å². The van der Waals surface area contributed by atoms with Gasteiger partial charge in [-0.05, 0) is 56.8 Å². The Bertz CT molecular complexity index is 1580. The number of aryl methyl sites for hydroxylation is 1. The Balaban J connectivity index is 1.31. The van der Waals surface area contributed by atoms with Crippen molar-refractivity contribution >= 4 is 22.2 Å². The molecule has 0 unspecified atom stereocenters. The van der Waals surface area contributed by atoms with Crippen LogP contribution < -0.4 is 5.73 Å². The highest BCUT2D eigenvalue weighted by atomic mass is 15.3. The van der Waals surface area contributed by atoms with E-state index in [1.807, 2.05) is 22.7 Å². The third-order valence-corrected chi connectivity index (χ3v) is 7.99. The van der Waals surface area contributed by atoms with E-state index in [4.69, 9.17) is 15.7 Å². The predicted molar refractivity (Wildman–Crippen MR) is 143 cm³/mol. The van der Waals surface area contributed by atoms with Crippen molar-refractivity contribution in [1.82, 2.24) is 29.5 Å². The molecule has 1 saturated heterocycles. The summed E-state index contributed by atoms with van der Waals surface area (Å²) >= 11 is 0. The van der Waals surface area contributed by atoms with Gasteiger partial charge in [-0.25, -0.2) is 19.5 Å². The molecule has 1 aliphatic carbocycles. The van der Waals surface area contributed by atoms with Crippen LogP contribution in [0.3, 0.4) is 0 Å². The first-order valence-corrected chi connectivity index (χ1v) is 12.8. The molecule has 0 amide bonds. The van der Waals surface area contributed by atoms with Crippen LogP contribution in [0.5, 0.6) is 0 Å². The summed E-state index contributed by atoms with van der Waals surface area (Å²) in [7, 11) is 0. The van der Waals surface area contributed by atoms with E-state index in [9.17, 15) is 0 Å². The number of likely N-dealkylation sites (tertiary alicyclic amines) is 1. The minimum absolute atomic E-state index is 0.399. The molecule has 0 bridgehead atoms. The van der Waals surface area contributed by atoms with Crippen molar-refractivity contribution in [2.45, 2.75) is 32.1 Å². The second kappa shape index (κ2) is 8.38. The molecule has 180 valence electrons. The molecule has 5 aromatic rings. The number of fused-ring (bicyclic) bond motifs is 2. The Labute approximate surface area is 210 Å². The lowest BCUT2D eigenvalue weighted by Gasteiger charge is -2.41. The Morgan fingerprint density at radius 2 is 1.78 bits per heavy atom. The predicted octanol–water partition coefficient (Wildman–Crippen LogP) is 5.10. The highest BCUT2D eigenvalue weighted by Gasteiger charge is 2.36. The fourth-order valence-electron chi connectivity index (χ4n) is 5.81. The zero-order valence-corrected chi connectivity index (χ0v) is 20.4. The summed E-state index contributed by atoms with van der Waals surface area (Å²) < 4.78 is 1.93. The van der Waals surface area contributed by atoms with Gasteiger partial charge in [0, 0.05) is 29.0 Å². The van der Waals surface area contributed by atoms with E-state index in [1.54, 1.807) is 0 Å². The number of hydrogen-bond donors (Lipinski definition) is 1. The molecule has 7 rings (SSSR count). The lowest BCUT2D eigenvalue weighted by Crippen LogP contribution is -2.43. The molecule has 0 radical (unpaired) electrons. The lowest BCUT2D eigenvalue weighted by atomic mass is 9.74. The molecule has 7 heteroatoms. The van der Waals surface area contributed by atoms with Crippen molar-refractivity contribution in [2.75, 3.05) is 25.4 Å². The lowest BCUT2D eigenvalue weighted by molar-refractivity contribution is 0.107. The summed E-state index contributed by atoms with van der Waals surface area (Å²) in [4.78, 5) is 17.1. The SMILES string of the molecule is Cc1c(-c2nc(C3CC(CN4CCC4)C3)n3ncnc(N)c23)ccc2ccc(-c3ccccc3)nc12. The first-order chi connectivity index (χ1) is 17.7. The van der Waals surface area contributed by atoms with E-state index in [0.717, 1.165) is 69.1 Å². The Kier molecular flexibility index (Phi) is 4.99. The Morgan fingerprint density at radius 1 is 0.972 bits per heavy atom. The normalized spacial score (nSPS) is 19.9. The van der Waals surface area contributed by atoms with Gasteiger partial charge < -0.3 is 10.6 Å². The Hall–Kier alpha value is -3.84. The van der Waals surface area contributed by atoms with Crippen LogP contribution in [0.1, 0.15) is 36.6 Å². The van der Waals surface area contributed by atoms with Crippen molar-refractivity contribution in [3.63, 3.8) is 0 Å². The maximum absolute atomic E-state index is 6.41. The molecule has 2 N–H and O–H groups in total. The second-order valence-electron chi connectivity index (χ2n) is 10.3. The molecule has 3 aromatic heterocycles. The molecular formula is C29H29N7. The molecule has 1 aliphatic heterocycles. The fraction of sp³-hybridized carbons (Fsp3) is 0.310. The van der Waals surface area contributed by atoms with Gasteiger partial charge in [0.25, 0.3) is 0 Å². The van der Waals surface area contributed by atoms with Crippen LogP contribution in [0.25, 0.3) is 38.9 Å². The average Bonchev–Trinajstić information content (AvgIpc) is 3.23. The second-order valence-corrected chi connectivity index (χ2v) is 10.3. The molecule has 2 fully saturated rings. The van der Waals surface area contributed by atoms with E-state index >= 15 is 0 Å². The number of benzene rings is 2. The standard InChI is InChI=1S/C29H29N7/c1-18-23(10-8-21-9-11-24(33-25(18)21)20-6-3-2-4-7-20)26-27-28(30)31-17-32-36(27)29(34-26)22-14-19(15-22)16-35-12-5-13-35/h2-4,6-11,17,19,22H,5,12-16H2,1H3,(H2,30,31,32). The van der Waals surface area contributed by atoms with Gasteiger partial charge in [-0.1, -0.05) is 48.5 Å². The fourth-order valence-corrected chi connectivity index (χ4v) is 5.81. The van der Waals surface area contributed by atoms with Crippen LogP contribution in [0.4, 0.5) is 5.82 Å².